The first-order chi connectivity index (χ1) is 12.7. The van der Waals surface area contributed by atoms with Gasteiger partial charge in [-0.3, -0.25) is 0 Å². The molecule has 1 atom stereocenters. The molecule has 5 rings (SSSR count). The summed E-state index contributed by atoms with van der Waals surface area (Å²) in [6.07, 6.45) is 0.762. The monoisotopic (exact) mass is 365 g/mol. The van der Waals surface area contributed by atoms with Gasteiger partial charge in [0.15, 0.2) is 0 Å². The van der Waals surface area contributed by atoms with Crippen LogP contribution in [0.25, 0.3) is 22.3 Å². The lowest BCUT2D eigenvalue weighted by atomic mass is 9.97. The predicted molar refractivity (Wildman–Crippen MR) is 99.3 cm³/mol. The van der Waals surface area contributed by atoms with E-state index in [1.807, 2.05) is 30.3 Å². The van der Waals surface area contributed by atoms with Crippen LogP contribution in [0, 0.1) is 6.92 Å². The number of aromatic amines is 1. The van der Waals surface area contributed by atoms with Gasteiger partial charge in [0, 0.05) is 28.4 Å². The van der Waals surface area contributed by atoms with Crippen LogP contribution in [0.5, 0.6) is 0 Å². The van der Waals surface area contributed by atoms with Crippen LogP contribution < -0.4 is 0 Å². The summed E-state index contributed by atoms with van der Waals surface area (Å²) in [5.41, 5.74) is 5.50. The van der Waals surface area contributed by atoms with Gasteiger partial charge >= 0.3 is 0 Å². The van der Waals surface area contributed by atoms with E-state index in [0.29, 0.717) is 18.3 Å². The minimum Gasteiger partial charge on any atom is -0.367 e. The van der Waals surface area contributed by atoms with Gasteiger partial charge in [0.05, 0.1) is 12.3 Å². The number of aromatic nitrogens is 3. The van der Waals surface area contributed by atoms with Gasteiger partial charge in [-0.15, -0.1) is 0 Å². The van der Waals surface area contributed by atoms with Crippen LogP contribution in [0.3, 0.4) is 0 Å². The average molecular weight is 366 g/mol. The molecular weight excluding hydrogens is 350 g/mol. The molecule has 0 radical (unpaired) electrons. The number of nitrogens with zero attached hydrogens (tertiary/aromatic N) is 2. The highest BCUT2D eigenvalue weighted by atomic mass is 35.5. The summed E-state index contributed by atoms with van der Waals surface area (Å²) in [6, 6.07) is 14.1. The predicted octanol–water partition coefficient (Wildman–Crippen LogP) is 4.84. The van der Waals surface area contributed by atoms with E-state index in [1.165, 1.54) is 10.9 Å². The summed E-state index contributed by atoms with van der Waals surface area (Å²) in [6.45, 7) is 2.47. The first-order valence-corrected chi connectivity index (χ1v) is 8.89. The Hall–Kier alpha value is -2.63. The Kier molecular flexibility index (Phi) is 3.58. The van der Waals surface area contributed by atoms with Crippen molar-refractivity contribution in [2.24, 2.45) is 0 Å². The summed E-state index contributed by atoms with van der Waals surface area (Å²) < 4.78 is 11.1. The largest absolute Gasteiger partial charge is 0.367 e. The third-order valence-corrected chi connectivity index (χ3v) is 5.03. The fraction of sp³-hybridized carbons (Fsp3) is 0.200. The van der Waals surface area contributed by atoms with Crippen LogP contribution in [-0.2, 0) is 11.2 Å². The molecule has 5 nitrogen and oxygen atoms in total. The van der Waals surface area contributed by atoms with E-state index in [1.54, 1.807) is 6.92 Å². The van der Waals surface area contributed by atoms with Gasteiger partial charge in [-0.1, -0.05) is 41.0 Å². The summed E-state index contributed by atoms with van der Waals surface area (Å²) >= 11 is 6.18. The fourth-order valence-electron chi connectivity index (χ4n) is 3.58. The third-order valence-electron chi connectivity index (χ3n) is 4.80. The Morgan fingerprint density at radius 1 is 1.15 bits per heavy atom. The highest BCUT2D eigenvalue weighted by Gasteiger charge is 2.26. The van der Waals surface area contributed by atoms with Crippen molar-refractivity contribution in [1.29, 1.82) is 0 Å². The van der Waals surface area contributed by atoms with Crippen molar-refractivity contribution in [1.82, 2.24) is 15.1 Å². The van der Waals surface area contributed by atoms with E-state index in [-0.39, 0.29) is 6.10 Å². The van der Waals surface area contributed by atoms with Crippen molar-refractivity contribution in [3.05, 3.63) is 70.2 Å². The Bertz CT molecular complexity index is 1100. The second-order valence-electron chi connectivity index (χ2n) is 6.47. The zero-order valence-corrected chi connectivity index (χ0v) is 14.9. The average Bonchev–Trinajstić information content (AvgIpc) is 3.25. The fourth-order valence-corrected chi connectivity index (χ4v) is 3.75. The molecule has 1 aliphatic rings. The third kappa shape index (κ3) is 2.52. The van der Waals surface area contributed by atoms with E-state index in [9.17, 15) is 0 Å². The van der Waals surface area contributed by atoms with Crippen molar-refractivity contribution in [2.75, 3.05) is 6.61 Å². The highest BCUT2D eigenvalue weighted by molar-refractivity contribution is 6.31. The number of rotatable bonds is 2. The molecule has 4 aromatic rings. The van der Waals surface area contributed by atoms with Crippen molar-refractivity contribution < 1.29 is 9.26 Å². The number of ether oxygens (including phenoxy) is 1. The molecule has 0 bridgehead atoms. The smallest absolute Gasteiger partial charge is 0.223 e. The van der Waals surface area contributed by atoms with Gasteiger partial charge in [-0.2, -0.15) is 4.98 Å². The molecule has 1 unspecified atom stereocenters. The first kappa shape index (κ1) is 15.6. The van der Waals surface area contributed by atoms with Gasteiger partial charge in [-0.05, 0) is 35.7 Å². The summed E-state index contributed by atoms with van der Waals surface area (Å²) in [7, 11) is 0. The zero-order valence-electron chi connectivity index (χ0n) is 14.1. The van der Waals surface area contributed by atoms with E-state index in [4.69, 9.17) is 20.9 Å². The molecule has 26 heavy (non-hydrogen) atoms. The molecular formula is C20H16ClN3O2. The van der Waals surface area contributed by atoms with Crippen molar-refractivity contribution >= 4 is 22.5 Å². The lowest BCUT2D eigenvalue weighted by molar-refractivity contribution is 0.0677. The SMILES string of the molecule is Cc1nc(-c2ccc(C3OCCc4c3[nH]c3ccc(Cl)cc43)cc2)no1. The Labute approximate surface area is 154 Å². The first-order valence-electron chi connectivity index (χ1n) is 8.51. The number of nitrogens with one attached hydrogen (secondary N) is 1. The zero-order chi connectivity index (χ0) is 17.7. The Balaban J connectivity index is 1.54. The second kappa shape index (κ2) is 5.97. The minimum atomic E-state index is -0.119. The van der Waals surface area contributed by atoms with Gasteiger partial charge in [0.1, 0.15) is 6.10 Å². The molecule has 0 aliphatic carbocycles. The highest BCUT2D eigenvalue weighted by Crippen LogP contribution is 2.37. The van der Waals surface area contributed by atoms with Gasteiger partial charge in [0.2, 0.25) is 11.7 Å². The second-order valence-corrected chi connectivity index (χ2v) is 6.90. The number of aryl methyl sites for hydroxylation is 1. The Morgan fingerprint density at radius 3 is 2.77 bits per heavy atom. The summed E-state index contributed by atoms with van der Waals surface area (Å²) in [5, 5.41) is 5.90. The number of halogens is 1. The number of benzene rings is 2. The van der Waals surface area contributed by atoms with Gasteiger partial charge in [0.25, 0.3) is 0 Å². The molecule has 0 amide bonds. The van der Waals surface area contributed by atoms with Crippen LogP contribution in [0.1, 0.15) is 28.8 Å². The topological polar surface area (TPSA) is 63.9 Å². The van der Waals surface area contributed by atoms with E-state index in [0.717, 1.165) is 33.8 Å². The van der Waals surface area contributed by atoms with E-state index < -0.39 is 0 Å². The molecule has 0 saturated heterocycles. The van der Waals surface area contributed by atoms with Crippen molar-refractivity contribution in [3.8, 4) is 11.4 Å². The normalized spacial score (nSPS) is 16.8. The molecule has 0 spiro atoms. The maximum Gasteiger partial charge on any atom is 0.223 e. The van der Waals surface area contributed by atoms with Crippen LogP contribution in [-0.4, -0.2) is 21.7 Å². The molecule has 2 aromatic heterocycles. The Morgan fingerprint density at radius 2 is 2.00 bits per heavy atom. The van der Waals surface area contributed by atoms with E-state index >= 15 is 0 Å². The van der Waals surface area contributed by atoms with Gasteiger partial charge < -0.3 is 14.2 Å². The van der Waals surface area contributed by atoms with Gasteiger partial charge in [-0.25, -0.2) is 0 Å². The lowest BCUT2D eigenvalue weighted by Gasteiger charge is -2.24. The maximum atomic E-state index is 6.18. The van der Waals surface area contributed by atoms with Crippen LogP contribution in [0.15, 0.2) is 47.0 Å². The molecule has 130 valence electrons. The summed E-state index contributed by atoms with van der Waals surface area (Å²) in [4.78, 5) is 7.79. The van der Waals surface area contributed by atoms with Crippen LogP contribution in [0.2, 0.25) is 5.02 Å². The van der Waals surface area contributed by atoms with Crippen molar-refractivity contribution in [3.63, 3.8) is 0 Å². The lowest BCUT2D eigenvalue weighted by Crippen LogP contribution is -2.16. The van der Waals surface area contributed by atoms with Crippen LogP contribution >= 0.6 is 11.6 Å². The molecule has 1 N–H and O–H groups in total. The summed E-state index contributed by atoms with van der Waals surface area (Å²) in [5.74, 6) is 1.15. The number of hydrogen-bond donors (Lipinski definition) is 1. The molecule has 0 saturated carbocycles. The number of hydrogen-bond acceptors (Lipinski definition) is 4. The molecule has 1 aliphatic heterocycles. The standard InChI is InChI=1S/C20H16ClN3O2/c1-11-22-20(24-26-11)13-4-2-12(3-5-13)19-18-15(8-9-25-19)16-10-14(21)6-7-17(16)23-18/h2-7,10,19,23H,8-9H2,1H3. The molecule has 6 heteroatoms. The van der Waals surface area contributed by atoms with Crippen molar-refractivity contribution in [2.45, 2.75) is 19.4 Å². The quantitative estimate of drug-likeness (QED) is 0.552. The molecule has 2 aromatic carbocycles. The number of fused-ring (bicyclic) bond motifs is 3. The molecule has 3 heterocycles. The van der Waals surface area contributed by atoms with Crippen LogP contribution in [0.4, 0.5) is 0 Å². The number of H-pyrrole nitrogens is 1. The minimum absolute atomic E-state index is 0.119. The maximum absolute atomic E-state index is 6.18. The molecule has 0 fully saturated rings. The van der Waals surface area contributed by atoms with E-state index in [2.05, 4.69) is 27.3 Å².